The van der Waals surface area contributed by atoms with Gasteiger partial charge in [0.05, 0.1) is 5.01 Å². The van der Waals surface area contributed by atoms with E-state index >= 15 is 0 Å². The van der Waals surface area contributed by atoms with Gasteiger partial charge in [-0.25, -0.2) is 14.6 Å². The summed E-state index contributed by atoms with van der Waals surface area (Å²) in [6.07, 6.45) is 0.962. The SMILES string of the molecule is CCC(C)(NC(=O)NCCc1nc(C)cs1)C(=O)O. The number of carbonyl (C=O) groups is 2. The maximum atomic E-state index is 11.6. The summed E-state index contributed by atoms with van der Waals surface area (Å²) in [7, 11) is 0. The van der Waals surface area contributed by atoms with Crippen molar-refractivity contribution in [1.29, 1.82) is 0 Å². The van der Waals surface area contributed by atoms with E-state index in [4.69, 9.17) is 5.11 Å². The van der Waals surface area contributed by atoms with Gasteiger partial charge in [-0.1, -0.05) is 6.92 Å². The molecule has 1 rings (SSSR count). The van der Waals surface area contributed by atoms with Gasteiger partial charge in [0, 0.05) is 24.0 Å². The fourth-order valence-corrected chi connectivity index (χ4v) is 2.16. The van der Waals surface area contributed by atoms with Gasteiger partial charge < -0.3 is 15.7 Å². The van der Waals surface area contributed by atoms with Crippen LogP contribution >= 0.6 is 11.3 Å². The van der Waals surface area contributed by atoms with Gasteiger partial charge >= 0.3 is 12.0 Å². The molecular formula is C12H19N3O3S. The maximum absolute atomic E-state index is 11.6. The Kier molecular flexibility index (Phi) is 5.29. The summed E-state index contributed by atoms with van der Waals surface area (Å²) >= 11 is 1.55. The van der Waals surface area contributed by atoms with E-state index in [-0.39, 0.29) is 0 Å². The highest BCUT2D eigenvalue weighted by Crippen LogP contribution is 2.09. The van der Waals surface area contributed by atoms with E-state index in [1.807, 2.05) is 12.3 Å². The Labute approximate surface area is 116 Å². The Morgan fingerprint density at radius 1 is 1.53 bits per heavy atom. The standard InChI is InChI=1S/C12H19N3O3S/c1-4-12(3,10(16)17)15-11(18)13-6-5-9-14-8(2)7-19-9/h7H,4-6H2,1-3H3,(H,16,17)(H2,13,15,18). The fraction of sp³-hybridized carbons (Fsp3) is 0.583. The Balaban J connectivity index is 2.37. The second-order valence-electron chi connectivity index (χ2n) is 4.50. The van der Waals surface area contributed by atoms with Gasteiger partial charge in [-0.3, -0.25) is 0 Å². The predicted octanol–water partition coefficient (Wildman–Crippen LogP) is 1.55. The molecule has 6 nitrogen and oxygen atoms in total. The molecule has 0 bridgehead atoms. The summed E-state index contributed by atoms with van der Waals surface area (Å²) in [6.45, 7) is 5.55. The Bertz CT molecular complexity index is 461. The number of hydrogen-bond donors (Lipinski definition) is 3. The molecular weight excluding hydrogens is 266 g/mol. The molecule has 19 heavy (non-hydrogen) atoms. The molecule has 0 aliphatic rings. The van der Waals surface area contributed by atoms with Crippen LogP contribution in [0.25, 0.3) is 0 Å². The number of rotatable bonds is 6. The summed E-state index contributed by atoms with van der Waals surface area (Å²) in [6, 6.07) is -0.472. The highest BCUT2D eigenvalue weighted by molar-refractivity contribution is 7.09. The summed E-state index contributed by atoms with van der Waals surface area (Å²) in [4.78, 5) is 26.9. The number of hydrogen-bond acceptors (Lipinski definition) is 4. The van der Waals surface area contributed by atoms with Crippen molar-refractivity contribution in [3.05, 3.63) is 16.1 Å². The first-order valence-electron chi connectivity index (χ1n) is 6.08. The molecule has 0 aliphatic carbocycles. The Morgan fingerprint density at radius 3 is 2.68 bits per heavy atom. The van der Waals surface area contributed by atoms with Crippen molar-refractivity contribution >= 4 is 23.3 Å². The van der Waals surface area contributed by atoms with Gasteiger partial charge in [0.2, 0.25) is 0 Å². The van der Waals surface area contributed by atoms with Crippen LogP contribution in [0.5, 0.6) is 0 Å². The second-order valence-corrected chi connectivity index (χ2v) is 5.45. The zero-order valence-corrected chi connectivity index (χ0v) is 12.1. The summed E-state index contributed by atoms with van der Waals surface area (Å²) in [5, 5.41) is 17.0. The molecule has 2 amide bonds. The number of urea groups is 1. The zero-order valence-electron chi connectivity index (χ0n) is 11.3. The number of aromatic nitrogens is 1. The molecule has 106 valence electrons. The van der Waals surface area contributed by atoms with Crippen molar-refractivity contribution in [2.24, 2.45) is 0 Å². The minimum Gasteiger partial charge on any atom is -0.480 e. The molecule has 0 spiro atoms. The second kappa shape index (κ2) is 6.51. The summed E-state index contributed by atoms with van der Waals surface area (Å²) in [5.41, 5.74) is -0.268. The lowest BCUT2D eigenvalue weighted by molar-refractivity contribution is -0.143. The summed E-state index contributed by atoms with van der Waals surface area (Å²) < 4.78 is 0. The third kappa shape index (κ3) is 4.51. The van der Waals surface area contributed by atoms with E-state index < -0.39 is 17.5 Å². The van der Waals surface area contributed by atoms with Crippen molar-refractivity contribution < 1.29 is 14.7 Å². The Morgan fingerprint density at radius 2 is 2.21 bits per heavy atom. The lowest BCUT2D eigenvalue weighted by Crippen LogP contribution is -2.55. The largest absolute Gasteiger partial charge is 0.480 e. The number of carboxylic acids is 1. The normalized spacial score (nSPS) is 13.6. The number of aliphatic carboxylic acids is 1. The number of amides is 2. The van der Waals surface area contributed by atoms with Crippen LogP contribution in [-0.4, -0.2) is 34.2 Å². The molecule has 0 aromatic carbocycles. The highest BCUT2D eigenvalue weighted by atomic mass is 32.1. The van der Waals surface area contributed by atoms with E-state index in [9.17, 15) is 9.59 Å². The topological polar surface area (TPSA) is 91.3 Å². The van der Waals surface area contributed by atoms with Crippen LogP contribution in [0.4, 0.5) is 4.79 Å². The average molecular weight is 285 g/mol. The Hall–Kier alpha value is -1.63. The van der Waals surface area contributed by atoms with Crippen LogP contribution in [-0.2, 0) is 11.2 Å². The fourth-order valence-electron chi connectivity index (χ4n) is 1.39. The minimum atomic E-state index is -1.23. The van der Waals surface area contributed by atoms with Crippen LogP contribution in [0.3, 0.4) is 0 Å². The molecule has 1 atom stereocenters. The first-order chi connectivity index (χ1) is 8.87. The molecule has 1 unspecified atom stereocenters. The first-order valence-corrected chi connectivity index (χ1v) is 6.95. The van der Waals surface area contributed by atoms with Crippen molar-refractivity contribution in [2.75, 3.05) is 6.54 Å². The number of nitrogens with zero attached hydrogens (tertiary/aromatic N) is 1. The van der Waals surface area contributed by atoms with Crippen molar-refractivity contribution in [2.45, 2.75) is 39.2 Å². The van der Waals surface area contributed by atoms with Gasteiger partial charge in [0.1, 0.15) is 5.54 Å². The molecule has 0 radical (unpaired) electrons. The molecule has 7 heteroatoms. The van der Waals surface area contributed by atoms with Crippen LogP contribution in [0.2, 0.25) is 0 Å². The molecule has 0 saturated heterocycles. The van der Waals surface area contributed by atoms with Crippen LogP contribution in [0.15, 0.2) is 5.38 Å². The first kappa shape index (κ1) is 15.4. The molecule has 3 N–H and O–H groups in total. The van der Waals surface area contributed by atoms with Gasteiger partial charge in [0.25, 0.3) is 0 Å². The van der Waals surface area contributed by atoms with E-state index in [1.165, 1.54) is 6.92 Å². The van der Waals surface area contributed by atoms with Gasteiger partial charge in [-0.2, -0.15) is 0 Å². The molecule has 0 saturated carbocycles. The number of carbonyl (C=O) groups excluding carboxylic acids is 1. The average Bonchev–Trinajstić information content (AvgIpc) is 2.74. The molecule has 1 aromatic heterocycles. The van der Waals surface area contributed by atoms with Crippen LogP contribution < -0.4 is 10.6 Å². The molecule has 1 aromatic rings. The van der Waals surface area contributed by atoms with Gasteiger partial charge in [-0.15, -0.1) is 11.3 Å². The molecule has 0 aliphatic heterocycles. The van der Waals surface area contributed by atoms with Crippen LogP contribution in [0.1, 0.15) is 31.0 Å². The third-order valence-electron chi connectivity index (χ3n) is 2.86. The monoisotopic (exact) mass is 285 g/mol. The van der Waals surface area contributed by atoms with E-state index in [0.29, 0.717) is 19.4 Å². The predicted molar refractivity (Wildman–Crippen MR) is 73.4 cm³/mol. The lowest BCUT2D eigenvalue weighted by atomic mass is 10.00. The van der Waals surface area contributed by atoms with E-state index in [0.717, 1.165) is 10.7 Å². The van der Waals surface area contributed by atoms with Gasteiger partial charge in [-0.05, 0) is 20.3 Å². The van der Waals surface area contributed by atoms with E-state index in [2.05, 4.69) is 15.6 Å². The third-order valence-corrected chi connectivity index (χ3v) is 3.89. The lowest BCUT2D eigenvalue weighted by Gasteiger charge is -2.24. The quantitative estimate of drug-likeness (QED) is 0.739. The number of aryl methyl sites for hydroxylation is 1. The highest BCUT2D eigenvalue weighted by Gasteiger charge is 2.32. The number of thiazole rings is 1. The number of carboxylic acid groups (broad SMARTS) is 1. The van der Waals surface area contributed by atoms with Crippen LogP contribution in [0, 0.1) is 6.92 Å². The van der Waals surface area contributed by atoms with Crippen molar-refractivity contribution in [3.8, 4) is 0 Å². The molecule has 0 fully saturated rings. The van der Waals surface area contributed by atoms with Crippen molar-refractivity contribution in [1.82, 2.24) is 15.6 Å². The number of nitrogens with one attached hydrogen (secondary N) is 2. The van der Waals surface area contributed by atoms with Gasteiger partial charge in [0.15, 0.2) is 0 Å². The maximum Gasteiger partial charge on any atom is 0.329 e. The minimum absolute atomic E-state index is 0.321. The zero-order chi connectivity index (χ0) is 14.5. The van der Waals surface area contributed by atoms with E-state index in [1.54, 1.807) is 18.3 Å². The molecule has 1 heterocycles. The summed E-state index contributed by atoms with van der Waals surface area (Å²) in [5.74, 6) is -1.04. The smallest absolute Gasteiger partial charge is 0.329 e. The van der Waals surface area contributed by atoms with Crippen molar-refractivity contribution in [3.63, 3.8) is 0 Å².